The summed E-state index contributed by atoms with van der Waals surface area (Å²) in [6, 6.07) is 17.3. The van der Waals surface area contributed by atoms with Crippen molar-refractivity contribution in [1.82, 2.24) is 9.97 Å². The fourth-order valence-corrected chi connectivity index (χ4v) is 3.32. The highest BCUT2D eigenvalue weighted by atomic mass is 16.5. The second kappa shape index (κ2) is 7.45. The van der Waals surface area contributed by atoms with Crippen LogP contribution in [0.5, 0.6) is 5.75 Å². The first-order valence-corrected chi connectivity index (χ1v) is 8.88. The van der Waals surface area contributed by atoms with Gasteiger partial charge in [0, 0.05) is 18.3 Å². The van der Waals surface area contributed by atoms with Crippen LogP contribution in [-0.2, 0) is 6.42 Å². The number of nitrogens with zero attached hydrogens (tertiary/aromatic N) is 3. The maximum absolute atomic E-state index is 12.7. The Morgan fingerprint density at radius 3 is 2.81 bits per heavy atom. The zero-order valence-corrected chi connectivity index (χ0v) is 15.1. The number of benzene rings is 2. The minimum absolute atomic E-state index is 0.298. The van der Waals surface area contributed by atoms with Crippen molar-refractivity contribution in [3.8, 4) is 5.75 Å². The van der Waals surface area contributed by atoms with Gasteiger partial charge in [-0.3, -0.25) is 4.79 Å². The van der Waals surface area contributed by atoms with Gasteiger partial charge in [0.1, 0.15) is 23.6 Å². The van der Waals surface area contributed by atoms with Crippen LogP contribution in [0.25, 0.3) is 0 Å². The summed E-state index contributed by atoms with van der Waals surface area (Å²) in [7, 11) is 1.57. The van der Waals surface area contributed by atoms with E-state index >= 15 is 0 Å². The molecule has 1 aliphatic rings. The molecule has 0 unspecified atom stereocenters. The van der Waals surface area contributed by atoms with Gasteiger partial charge in [0.25, 0.3) is 5.91 Å². The molecule has 1 aromatic heterocycles. The van der Waals surface area contributed by atoms with E-state index in [1.54, 1.807) is 25.3 Å². The lowest BCUT2D eigenvalue weighted by Crippen LogP contribution is -2.26. The van der Waals surface area contributed by atoms with Gasteiger partial charge in [0.2, 0.25) is 0 Å². The molecular formula is C21H20N4O2. The Bertz CT molecular complexity index is 974. The second-order valence-electron chi connectivity index (χ2n) is 6.30. The molecule has 1 amide bonds. The average molecular weight is 360 g/mol. The normalized spacial score (nSPS) is 13.0. The summed E-state index contributed by atoms with van der Waals surface area (Å²) in [4.78, 5) is 23.4. The van der Waals surface area contributed by atoms with Crippen molar-refractivity contribution in [3.05, 3.63) is 72.2 Å². The fourth-order valence-electron chi connectivity index (χ4n) is 3.32. The van der Waals surface area contributed by atoms with E-state index in [9.17, 15) is 4.79 Å². The molecule has 4 rings (SSSR count). The zero-order valence-electron chi connectivity index (χ0n) is 15.1. The highest BCUT2D eigenvalue weighted by molar-refractivity contribution is 6.04. The van der Waals surface area contributed by atoms with E-state index in [4.69, 9.17) is 4.74 Å². The Balaban J connectivity index is 1.61. The number of carbonyl (C=O) groups is 1. The summed E-state index contributed by atoms with van der Waals surface area (Å²) in [6.45, 7) is 0.863. The van der Waals surface area contributed by atoms with Gasteiger partial charge in [0.05, 0.1) is 12.8 Å². The molecule has 0 spiro atoms. The van der Waals surface area contributed by atoms with Crippen molar-refractivity contribution >= 4 is 23.1 Å². The third-order valence-corrected chi connectivity index (χ3v) is 4.63. The first kappa shape index (κ1) is 17.0. The van der Waals surface area contributed by atoms with Crippen LogP contribution >= 0.6 is 0 Å². The third kappa shape index (κ3) is 3.46. The Morgan fingerprint density at radius 2 is 1.93 bits per heavy atom. The number of nitrogens with one attached hydrogen (secondary N) is 1. The average Bonchev–Trinajstić information content (AvgIpc) is 2.74. The standard InChI is InChI=1S/C21H20N4O2/c1-27-19-11-5-3-9-16(19)24-21(26)17-13-20(23-14-22-17)25-12-6-8-15-7-2-4-10-18(15)25/h2-5,7,9-11,13-14H,6,8,12H2,1H3,(H,24,26). The zero-order chi connectivity index (χ0) is 18.6. The molecule has 2 heterocycles. The number of fused-ring (bicyclic) bond motifs is 1. The maximum Gasteiger partial charge on any atom is 0.274 e. The number of hydrogen-bond acceptors (Lipinski definition) is 5. The minimum Gasteiger partial charge on any atom is -0.495 e. The highest BCUT2D eigenvalue weighted by Gasteiger charge is 2.20. The van der Waals surface area contributed by atoms with E-state index in [0.717, 1.165) is 30.9 Å². The van der Waals surface area contributed by atoms with E-state index in [1.807, 2.05) is 18.2 Å². The van der Waals surface area contributed by atoms with Crippen LogP contribution in [0.1, 0.15) is 22.5 Å². The van der Waals surface area contributed by atoms with Crippen molar-refractivity contribution in [2.24, 2.45) is 0 Å². The van der Waals surface area contributed by atoms with Gasteiger partial charge >= 0.3 is 0 Å². The molecule has 0 radical (unpaired) electrons. The first-order valence-electron chi connectivity index (χ1n) is 8.88. The van der Waals surface area contributed by atoms with Crippen molar-refractivity contribution in [3.63, 3.8) is 0 Å². The van der Waals surface area contributed by atoms with Crippen LogP contribution in [0.2, 0.25) is 0 Å². The summed E-state index contributed by atoms with van der Waals surface area (Å²) in [5.41, 5.74) is 3.35. The third-order valence-electron chi connectivity index (χ3n) is 4.63. The van der Waals surface area contributed by atoms with Crippen LogP contribution in [0, 0.1) is 0 Å². The molecule has 3 aromatic rings. The largest absolute Gasteiger partial charge is 0.495 e. The smallest absolute Gasteiger partial charge is 0.274 e. The van der Waals surface area contributed by atoms with Crippen LogP contribution in [0.15, 0.2) is 60.9 Å². The molecular weight excluding hydrogens is 340 g/mol. The Hall–Kier alpha value is -3.41. The van der Waals surface area contributed by atoms with Gasteiger partial charge in [-0.05, 0) is 36.6 Å². The predicted octanol–water partition coefficient (Wildman–Crippen LogP) is 3.82. The molecule has 2 aromatic carbocycles. The van der Waals surface area contributed by atoms with Gasteiger partial charge in [-0.1, -0.05) is 30.3 Å². The van der Waals surface area contributed by atoms with Crippen molar-refractivity contribution in [2.45, 2.75) is 12.8 Å². The lowest BCUT2D eigenvalue weighted by molar-refractivity contribution is 0.102. The monoisotopic (exact) mass is 360 g/mol. The molecule has 0 fully saturated rings. The molecule has 0 aliphatic carbocycles. The molecule has 6 nitrogen and oxygen atoms in total. The number of carbonyl (C=O) groups excluding carboxylic acids is 1. The number of ether oxygens (including phenoxy) is 1. The Kier molecular flexibility index (Phi) is 4.70. The lowest BCUT2D eigenvalue weighted by Gasteiger charge is -2.30. The van der Waals surface area contributed by atoms with Crippen molar-refractivity contribution < 1.29 is 9.53 Å². The number of para-hydroxylation sites is 3. The topological polar surface area (TPSA) is 67.3 Å². The van der Waals surface area contributed by atoms with Crippen LogP contribution < -0.4 is 15.0 Å². The Morgan fingerprint density at radius 1 is 1.11 bits per heavy atom. The summed E-state index contributed by atoms with van der Waals surface area (Å²) >= 11 is 0. The summed E-state index contributed by atoms with van der Waals surface area (Å²) in [5.74, 6) is 1.03. The van der Waals surface area contributed by atoms with Gasteiger partial charge in [-0.2, -0.15) is 0 Å². The number of rotatable bonds is 4. The molecule has 1 aliphatic heterocycles. The molecule has 0 atom stereocenters. The van der Waals surface area contributed by atoms with Gasteiger partial charge in [0.15, 0.2) is 0 Å². The molecule has 0 saturated carbocycles. The maximum atomic E-state index is 12.7. The van der Waals surface area contributed by atoms with Crippen molar-refractivity contribution in [2.75, 3.05) is 23.9 Å². The van der Waals surface area contributed by atoms with Crippen molar-refractivity contribution in [1.29, 1.82) is 0 Å². The second-order valence-corrected chi connectivity index (χ2v) is 6.30. The molecule has 27 heavy (non-hydrogen) atoms. The summed E-state index contributed by atoms with van der Waals surface area (Å²) in [5, 5.41) is 2.85. The molecule has 6 heteroatoms. The number of aromatic nitrogens is 2. The molecule has 1 N–H and O–H groups in total. The van der Waals surface area contributed by atoms with E-state index in [0.29, 0.717) is 17.1 Å². The van der Waals surface area contributed by atoms with E-state index in [1.165, 1.54) is 11.9 Å². The molecule has 136 valence electrons. The summed E-state index contributed by atoms with van der Waals surface area (Å²) in [6.07, 6.45) is 3.53. The number of hydrogen-bond donors (Lipinski definition) is 1. The number of aryl methyl sites for hydroxylation is 1. The number of amides is 1. The Labute approximate surface area is 157 Å². The SMILES string of the molecule is COc1ccccc1NC(=O)c1cc(N2CCCc3ccccc32)ncn1. The van der Waals surface area contributed by atoms with Crippen LogP contribution in [0.3, 0.4) is 0 Å². The molecule has 0 saturated heterocycles. The van der Waals surface area contributed by atoms with E-state index in [-0.39, 0.29) is 5.91 Å². The quantitative estimate of drug-likeness (QED) is 0.766. The van der Waals surface area contributed by atoms with Crippen LogP contribution in [-0.4, -0.2) is 29.5 Å². The minimum atomic E-state index is -0.298. The highest BCUT2D eigenvalue weighted by Crippen LogP contribution is 2.32. The predicted molar refractivity (Wildman–Crippen MR) is 105 cm³/mol. The molecule has 0 bridgehead atoms. The van der Waals surface area contributed by atoms with Gasteiger partial charge in [-0.25, -0.2) is 9.97 Å². The fraction of sp³-hybridized carbons (Fsp3) is 0.190. The first-order chi connectivity index (χ1) is 13.3. The van der Waals surface area contributed by atoms with Crippen LogP contribution in [0.4, 0.5) is 17.2 Å². The van der Waals surface area contributed by atoms with E-state index in [2.05, 4.69) is 38.4 Å². The number of anilines is 3. The summed E-state index contributed by atoms with van der Waals surface area (Å²) < 4.78 is 5.28. The number of methoxy groups -OCH3 is 1. The van der Waals surface area contributed by atoms with Gasteiger partial charge < -0.3 is 15.0 Å². The van der Waals surface area contributed by atoms with Gasteiger partial charge in [-0.15, -0.1) is 0 Å². The lowest BCUT2D eigenvalue weighted by atomic mass is 10.0. The van der Waals surface area contributed by atoms with E-state index < -0.39 is 0 Å².